The van der Waals surface area contributed by atoms with Gasteiger partial charge in [-0.2, -0.15) is 0 Å². The molecule has 2 rings (SSSR count). The Morgan fingerprint density at radius 1 is 1.56 bits per heavy atom. The fraction of sp³-hybridized carbons (Fsp3) is 0.333. The zero-order valence-electron chi connectivity index (χ0n) is 10.0. The summed E-state index contributed by atoms with van der Waals surface area (Å²) in [6, 6.07) is 5.42. The summed E-state index contributed by atoms with van der Waals surface area (Å²) in [5, 5.41) is 8.79. The number of hydrogen-bond donors (Lipinski definition) is 1. The molecule has 0 saturated carbocycles. The quantitative estimate of drug-likeness (QED) is 0.857. The summed E-state index contributed by atoms with van der Waals surface area (Å²) in [4.78, 5) is 22.9. The Bertz CT molecular complexity index is 643. The van der Waals surface area contributed by atoms with Crippen molar-refractivity contribution in [2.45, 2.75) is 11.8 Å². The van der Waals surface area contributed by atoms with Crippen LogP contribution in [0.15, 0.2) is 32.3 Å². The molecule has 5 nitrogen and oxygen atoms in total. The normalized spacial score (nSPS) is 12.8. The van der Waals surface area contributed by atoms with Crippen molar-refractivity contribution in [3.8, 4) is 0 Å². The SMILES string of the molecule is CC(CSc1ccc2c(c1)oc(=O)n2C)C(=O)O. The Labute approximate surface area is 107 Å². The maximum Gasteiger partial charge on any atom is 0.419 e. The van der Waals surface area contributed by atoms with Crippen molar-refractivity contribution in [2.75, 3.05) is 5.75 Å². The van der Waals surface area contributed by atoms with Crippen molar-refractivity contribution in [1.82, 2.24) is 4.57 Å². The lowest BCUT2D eigenvalue weighted by Crippen LogP contribution is -2.11. The fourth-order valence-corrected chi connectivity index (χ4v) is 2.44. The van der Waals surface area contributed by atoms with Gasteiger partial charge >= 0.3 is 11.7 Å². The molecule has 0 radical (unpaired) electrons. The predicted octanol–water partition coefficient (Wildman–Crippen LogP) is 1.94. The van der Waals surface area contributed by atoms with Gasteiger partial charge in [0.05, 0.1) is 11.4 Å². The summed E-state index contributed by atoms with van der Waals surface area (Å²) in [6.45, 7) is 1.66. The molecule has 96 valence electrons. The first-order valence-corrected chi connectivity index (χ1v) is 6.43. The summed E-state index contributed by atoms with van der Waals surface area (Å²) >= 11 is 1.43. The fourth-order valence-electron chi connectivity index (χ4n) is 1.50. The van der Waals surface area contributed by atoms with Gasteiger partial charge in [-0.15, -0.1) is 11.8 Å². The van der Waals surface area contributed by atoms with Crippen molar-refractivity contribution in [1.29, 1.82) is 0 Å². The number of carboxylic acids is 1. The van der Waals surface area contributed by atoms with Crippen LogP contribution in [0.3, 0.4) is 0 Å². The Balaban J connectivity index is 2.20. The summed E-state index contributed by atoms with van der Waals surface area (Å²) in [7, 11) is 1.65. The molecule has 0 spiro atoms. The van der Waals surface area contributed by atoms with Crippen LogP contribution in [0.25, 0.3) is 11.1 Å². The molecule has 18 heavy (non-hydrogen) atoms. The number of thioether (sulfide) groups is 1. The van der Waals surface area contributed by atoms with Gasteiger partial charge in [-0.25, -0.2) is 4.79 Å². The van der Waals surface area contributed by atoms with Crippen LogP contribution in [0.5, 0.6) is 0 Å². The molecule has 1 N–H and O–H groups in total. The van der Waals surface area contributed by atoms with Gasteiger partial charge in [-0.05, 0) is 18.2 Å². The van der Waals surface area contributed by atoms with E-state index in [9.17, 15) is 9.59 Å². The van der Waals surface area contributed by atoms with E-state index in [4.69, 9.17) is 9.52 Å². The maximum atomic E-state index is 11.3. The van der Waals surface area contributed by atoms with Crippen LogP contribution >= 0.6 is 11.8 Å². The molecule has 0 bridgehead atoms. The standard InChI is InChI=1S/C12H13NO4S/c1-7(11(14)15)6-18-8-3-4-9-10(5-8)17-12(16)13(9)2/h3-5,7H,6H2,1-2H3,(H,14,15). The smallest absolute Gasteiger partial charge is 0.419 e. The lowest BCUT2D eigenvalue weighted by molar-refractivity contribution is -0.140. The van der Waals surface area contributed by atoms with Crippen LogP contribution in [0.2, 0.25) is 0 Å². The van der Waals surface area contributed by atoms with Crippen molar-refractivity contribution in [3.63, 3.8) is 0 Å². The molecule has 0 aliphatic rings. The van der Waals surface area contributed by atoms with Crippen molar-refractivity contribution in [3.05, 3.63) is 28.7 Å². The highest BCUT2D eigenvalue weighted by molar-refractivity contribution is 7.99. The monoisotopic (exact) mass is 267 g/mol. The first-order valence-electron chi connectivity index (χ1n) is 5.44. The van der Waals surface area contributed by atoms with Crippen LogP contribution in [-0.4, -0.2) is 21.4 Å². The van der Waals surface area contributed by atoms with Gasteiger partial charge in [0.25, 0.3) is 0 Å². The lowest BCUT2D eigenvalue weighted by atomic mass is 10.2. The molecule has 0 aliphatic heterocycles. The number of carbonyl (C=O) groups is 1. The van der Waals surface area contributed by atoms with Gasteiger partial charge in [-0.3, -0.25) is 9.36 Å². The van der Waals surface area contributed by atoms with Crippen LogP contribution < -0.4 is 5.76 Å². The third kappa shape index (κ3) is 2.43. The van der Waals surface area contributed by atoms with Crippen molar-refractivity contribution >= 4 is 28.8 Å². The number of carboxylic acid groups (broad SMARTS) is 1. The third-order valence-electron chi connectivity index (χ3n) is 2.69. The second kappa shape index (κ2) is 4.89. The van der Waals surface area contributed by atoms with E-state index in [0.29, 0.717) is 11.3 Å². The van der Waals surface area contributed by atoms with Gasteiger partial charge in [0.15, 0.2) is 5.58 Å². The molecule has 1 heterocycles. The summed E-state index contributed by atoms with van der Waals surface area (Å²) in [5.74, 6) is -1.13. The molecule has 0 amide bonds. The minimum absolute atomic E-state index is 0.397. The van der Waals surface area contributed by atoms with E-state index in [2.05, 4.69) is 0 Å². The molecule has 1 aromatic heterocycles. The molecule has 1 unspecified atom stereocenters. The van der Waals surface area contributed by atoms with Crippen molar-refractivity contribution < 1.29 is 14.3 Å². The number of hydrogen-bond acceptors (Lipinski definition) is 4. The number of nitrogens with zero attached hydrogens (tertiary/aromatic N) is 1. The minimum Gasteiger partial charge on any atom is -0.481 e. The summed E-state index contributed by atoms with van der Waals surface area (Å²) in [6.07, 6.45) is 0. The molecule has 0 aliphatic carbocycles. The Morgan fingerprint density at radius 2 is 2.28 bits per heavy atom. The molecule has 0 fully saturated rings. The van der Waals surface area contributed by atoms with Crippen LogP contribution in [0.1, 0.15) is 6.92 Å². The molecule has 2 aromatic rings. The number of benzene rings is 1. The minimum atomic E-state index is -0.810. The van der Waals surface area contributed by atoms with E-state index < -0.39 is 17.6 Å². The van der Waals surface area contributed by atoms with Crippen LogP contribution in [0, 0.1) is 5.92 Å². The van der Waals surface area contributed by atoms with Gasteiger partial charge in [-0.1, -0.05) is 6.92 Å². The highest BCUT2D eigenvalue weighted by Crippen LogP contribution is 2.24. The Kier molecular flexibility index (Phi) is 3.47. The second-order valence-corrected chi connectivity index (χ2v) is 5.20. The van der Waals surface area contributed by atoms with E-state index in [1.165, 1.54) is 16.3 Å². The molecular formula is C12H13NO4S. The zero-order valence-corrected chi connectivity index (χ0v) is 10.9. The van der Waals surface area contributed by atoms with Crippen LogP contribution in [-0.2, 0) is 11.8 Å². The Morgan fingerprint density at radius 3 is 2.94 bits per heavy atom. The van der Waals surface area contributed by atoms with Gasteiger partial charge in [0, 0.05) is 17.7 Å². The molecule has 6 heteroatoms. The molecule has 1 atom stereocenters. The molecule has 0 saturated heterocycles. The van der Waals surface area contributed by atoms with E-state index in [0.717, 1.165) is 10.4 Å². The predicted molar refractivity (Wildman–Crippen MR) is 69.0 cm³/mol. The summed E-state index contributed by atoms with van der Waals surface area (Å²) < 4.78 is 6.51. The highest BCUT2D eigenvalue weighted by atomic mass is 32.2. The molecule has 1 aromatic carbocycles. The number of oxazole rings is 1. The average Bonchev–Trinajstić information content (AvgIpc) is 2.61. The number of fused-ring (bicyclic) bond motifs is 1. The zero-order chi connectivity index (χ0) is 13.3. The lowest BCUT2D eigenvalue weighted by Gasteiger charge is -2.05. The Hall–Kier alpha value is -1.69. The first kappa shape index (κ1) is 12.8. The van der Waals surface area contributed by atoms with E-state index in [1.807, 2.05) is 6.07 Å². The number of aliphatic carboxylic acids is 1. The second-order valence-electron chi connectivity index (χ2n) is 4.11. The highest BCUT2D eigenvalue weighted by Gasteiger charge is 2.12. The number of aromatic nitrogens is 1. The van der Waals surface area contributed by atoms with Gasteiger partial charge < -0.3 is 9.52 Å². The third-order valence-corrected chi connectivity index (χ3v) is 3.94. The molecular weight excluding hydrogens is 254 g/mol. The number of rotatable bonds is 4. The van der Waals surface area contributed by atoms with E-state index in [1.54, 1.807) is 26.1 Å². The van der Waals surface area contributed by atoms with Crippen molar-refractivity contribution in [2.24, 2.45) is 13.0 Å². The van der Waals surface area contributed by atoms with E-state index >= 15 is 0 Å². The van der Waals surface area contributed by atoms with Gasteiger partial charge in [0.2, 0.25) is 0 Å². The number of aryl methyl sites for hydroxylation is 1. The first-order chi connectivity index (χ1) is 8.49. The van der Waals surface area contributed by atoms with Gasteiger partial charge in [0.1, 0.15) is 0 Å². The topological polar surface area (TPSA) is 72.4 Å². The maximum absolute atomic E-state index is 11.3. The van der Waals surface area contributed by atoms with Crippen LogP contribution in [0.4, 0.5) is 0 Å². The summed E-state index contributed by atoms with van der Waals surface area (Å²) in [5.41, 5.74) is 1.26. The largest absolute Gasteiger partial charge is 0.481 e. The average molecular weight is 267 g/mol. The van der Waals surface area contributed by atoms with E-state index in [-0.39, 0.29) is 0 Å².